The van der Waals surface area contributed by atoms with E-state index in [2.05, 4.69) is 5.92 Å². The quantitative estimate of drug-likeness (QED) is 0.501. The normalized spacial score (nSPS) is 22.2. The molecular weight excluding hydrogens is 168 g/mol. The number of ether oxygens (including phenoxy) is 1. The first-order chi connectivity index (χ1) is 6.16. The molecule has 0 saturated carbocycles. The molecule has 0 heterocycles. The van der Waals surface area contributed by atoms with Gasteiger partial charge in [-0.1, -0.05) is 5.92 Å². The van der Waals surface area contributed by atoms with Gasteiger partial charge in [-0.05, 0) is 12.5 Å². The lowest BCUT2D eigenvalue weighted by atomic mass is 10.2. The van der Waals surface area contributed by atoms with Gasteiger partial charge in [0.05, 0.1) is 12.7 Å². The van der Waals surface area contributed by atoms with E-state index in [1.165, 1.54) is 0 Å². The first-order valence-electron chi connectivity index (χ1n) is 4.09. The van der Waals surface area contributed by atoms with E-state index in [4.69, 9.17) is 11.2 Å². The highest BCUT2D eigenvalue weighted by Crippen LogP contribution is 2.22. The Bertz CT molecular complexity index is 283. The second kappa shape index (κ2) is 4.22. The number of terminal acetylenes is 1. The van der Waals surface area contributed by atoms with E-state index in [0.717, 1.165) is 0 Å². The average molecular weight is 180 g/mol. The lowest BCUT2D eigenvalue weighted by molar-refractivity contribution is -0.116. The monoisotopic (exact) mass is 180 g/mol. The number of Topliss-reactive ketones (excluding diaryl/α,β-unsaturated/α-hetero) is 1. The summed E-state index contributed by atoms with van der Waals surface area (Å²) in [7, 11) is 0. The van der Waals surface area contributed by atoms with Crippen LogP contribution < -0.4 is 0 Å². The molecule has 13 heavy (non-hydrogen) atoms. The number of hydrogen-bond donors (Lipinski definition) is 1. The third-order valence-electron chi connectivity index (χ3n) is 2.12. The second-order valence-corrected chi connectivity index (χ2v) is 3.00. The molecular formula is C10H12O3. The predicted molar refractivity (Wildman–Crippen MR) is 48.0 cm³/mol. The standard InChI is InChI=1S/C10H12O3/c1-3-4-13-6-8-7(2)9(11)5-10(8)12/h1,9,11H,4-6H2,2H3. The van der Waals surface area contributed by atoms with Crippen molar-refractivity contribution in [1.82, 2.24) is 0 Å². The van der Waals surface area contributed by atoms with Crippen LogP contribution in [0, 0.1) is 12.3 Å². The first kappa shape index (κ1) is 9.97. The lowest BCUT2D eigenvalue weighted by Gasteiger charge is -2.02. The predicted octanol–water partition coefficient (Wildman–Crippen LogP) is 0.286. The molecule has 1 atom stereocenters. The lowest BCUT2D eigenvalue weighted by Crippen LogP contribution is -2.05. The van der Waals surface area contributed by atoms with Crippen molar-refractivity contribution >= 4 is 5.78 Å². The molecule has 0 aromatic heterocycles. The molecule has 1 aliphatic carbocycles. The summed E-state index contributed by atoms with van der Waals surface area (Å²) in [5.74, 6) is 2.27. The number of aliphatic hydroxyl groups excluding tert-OH is 1. The number of aliphatic hydroxyl groups is 1. The fourth-order valence-corrected chi connectivity index (χ4v) is 1.28. The van der Waals surface area contributed by atoms with Crippen molar-refractivity contribution in [1.29, 1.82) is 0 Å². The molecule has 0 aliphatic heterocycles. The maximum absolute atomic E-state index is 11.2. The second-order valence-electron chi connectivity index (χ2n) is 3.00. The van der Waals surface area contributed by atoms with Gasteiger partial charge < -0.3 is 9.84 Å². The Morgan fingerprint density at radius 2 is 2.46 bits per heavy atom. The number of hydrogen-bond acceptors (Lipinski definition) is 3. The maximum atomic E-state index is 11.2. The van der Waals surface area contributed by atoms with Crippen LogP contribution in [0.2, 0.25) is 0 Å². The van der Waals surface area contributed by atoms with Crippen molar-refractivity contribution in [3.05, 3.63) is 11.1 Å². The molecule has 3 heteroatoms. The van der Waals surface area contributed by atoms with Gasteiger partial charge in [-0.3, -0.25) is 4.79 Å². The van der Waals surface area contributed by atoms with Crippen molar-refractivity contribution in [2.24, 2.45) is 0 Å². The van der Waals surface area contributed by atoms with Crippen LogP contribution in [0.25, 0.3) is 0 Å². The number of rotatable bonds is 3. The fourth-order valence-electron chi connectivity index (χ4n) is 1.28. The van der Waals surface area contributed by atoms with Crippen molar-refractivity contribution in [2.45, 2.75) is 19.4 Å². The summed E-state index contributed by atoms with van der Waals surface area (Å²) in [5.41, 5.74) is 1.28. The molecule has 0 radical (unpaired) electrons. The fraction of sp³-hybridized carbons (Fsp3) is 0.500. The zero-order chi connectivity index (χ0) is 9.84. The largest absolute Gasteiger partial charge is 0.388 e. The Morgan fingerprint density at radius 1 is 1.77 bits per heavy atom. The molecule has 1 unspecified atom stereocenters. The van der Waals surface area contributed by atoms with E-state index in [0.29, 0.717) is 11.1 Å². The van der Waals surface area contributed by atoms with Crippen LogP contribution in [0.1, 0.15) is 13.3 Å². The SMILES string of the molecule is C#CCOCC1=C(C)C(O)CC1=O. The highest BCUT2D eigenvalue weighted by Gasteiger charge is 2.27. The zero-order valence-corrected chi connectivity index (χ0v) is 7.54. The van der Waals surface area contributed by atoms with Gasteiger partial charge in [0.15, 0.2) is 5.78 Å². The molecule has 1 rings (SSSR count). The molecule has 0 aromatic carbocycles. The van der Waals surface area contributed by atoms with Gasteiger partial charge in [-0.25, -0.2) is 0 Å². The van der Waals surface area contributed by atoms with E-state index < -0.39 is 6.10 Å². The molecule has 0 spiro atoms. The van der Waals surface area contributed by atoms with Gasteiger partial charge in [0.2, 0.25) is 0 Å². The molecule has 0 bridgehead atoms. The van der Waals surface area contributed by atoms with Gasteiger partial charge >= 0.3 is 0 Å². The third kappa shape index (κ3) is 2.18. The van der Waals surface area contributed by atoms with E-state index in [-0.39, 0.29) is 25.4 Å². The van der Waals surface area contributed by atoms with Crippen molar-refractivity contribution < 1.29 is 14.6 Å². The summed E-state index contributed by atoms with van der Waals surface area (Å²) in [5, 5.41) is 9.32. The maximum Gasteiger partial charge on any atom is 0.164 e. The summed E-state index contributed by atoms with van der Waals surface area (Å²) >= 11 is 0. The number of ketones is 1. The summed E-state index contributed by atoms with van der Waals surface area (Å²) < 4.78 is 5.03. The average Bonchev–Trinajstić information content (AvgIpc) is 2.32. The zero-order valence-electron chi connectivity index (χ0n) is 7.54. The summed E-state index contributed by atoms with van der Waals surface area (Å²) in [4.78, 5) is 11.2. The Kier molecular flexibility index (Phi) is 3.24. The van der Waals surface area contributed by atoms with Gasteiger partial charge in [-0.15, -0.1) is 6.42 Å². The van der Waals surface area contributed by atoms with Gasteiger partial charge in [-0.2, -0.15) is 0 Å². The van der Waals surface area contributed by atoms with Crippen molar-refractivity contribution in [3.63, 3.8) is 0 Å². The molecule has 0 aromatic rings. The van der Waals surface area contributed by atoms with Crippen LogP contribution >= 0.6 is 0 Å². The van der Waals surface area contributed by atoms with Crippen LogP contribution in [-0.2, 0) is 9.53 Å². The van der Waals surface area contributed by atoms with E-state index in [1.807, 2.05) is 0 Å². The molecule has 3 nitrogen and oxygen atoms in total. The first-order valence-corrected chi connectivity index (χ1v) is 4.09. The van der Waals surface area contributed by atoms with E-state index in [1.54, 1.807) is 6.92 Å². The Hall–Kier alpha value is -1.11. The Labute approximate surface area is 77.4 Å². The van der Waals surface area contributed by atoms with Crippen molar-refractivity contribution in [3.8, 4) is 12.3 Å². The van der Waals surface area contributed by atoms with Crippen LogP contribution in [0.5, 0.6) is 0 Å². The number of carbonyl (C=O) groups excluding carboxylic acids is 1. The molecule has 70 valence electrons. The van der Waals surface area contributed by atoms with E-state index in [9.17, 15) is 9.90 Å². The van der Waals surface area contributed by atoms with E-state index >= 15 is 0 Å². The third-order valence-corrected chi connectivity index (χ3v) is 2.12. The van der Waals surface area contributed by atoms with Crippen LogP contribution in [0.3, 0.4) is 0 Å². The highest BCUT2D eigenvalue weighted by atomic mass is 16.5. The summed E-state index contributed by atoms with van der Waals surface area (Å²) in [6.07, 6.45) is 4.54. The molecule has 1 aliphatic rings. The minimum Gasteiger partial charge on any atom is -0.388 e. The van der Waals surface area contributed by atoms with Crippen molar-refractivity contribution in [2.75, 3.05) is 13.2 Å². The van der Waals surface area contributed by atoms with Gasteiger partial charge in [0.25, 0.3) is 0 Å². The number of carbonyl (C=O) groups is 1. The molecule has 1 N–H and O–H groups in total. The van der Waals surface area contributed by atoms with Crippen LogP contribution in [-0.4, -0.2) is 30.2 Å². The Morgan fingerprint density at radius 3 is 2.92 bits per heavy atom. The summed E-state index contributed by atoms with van der Waals surface area (Å²) in [6.45, 7) is 2.15. The van der Waals surface area contributed by atoms with Gasteiger partial charge in [0, 0.05) is 12.0 Å². The molecule has 0 amide bonds. The highest BCUT2D eigenvalue weighted by molar-refractivity contribution is 5.99. The van der Waals surface area contributed by atoms with Gasteiger partial charge in [0.1, 0.15) is 6.61 Å². The molecule has 0 fully saturated rings. The van der Waals surface area contributed by atoms with Crippen LogP contribution in [0.4, 0.5) is 0 Å². The topological polar surface area (TPSA) is 46.5 Å². The smallest absolute Gasteiger partial charge is 0.164 e. The minimum atomic E-state index is -0.628. The Balaban J connectivity index is 2.57. The summed E-state index contributed by atoms with van der Waals surface area (Å²) in [6, 6.07) is 0. The minimum absolute atomic E-state index is 0.0398. The van der Waals surface area contributed by atoms with Crippen LogP contribution in [0.15, 0.2) is 11.1 Å². The molecule has 0 saturated heterocycles.